The van der Waals surface area contributed by atoms with E-state index in [4.69, 9.17) is 5.73 Å². The Morgan fingerprint density at radius 3 is 2.33 bits per heavy atom. The molecule has 13 heteroatoms. The molecule has 3 aliphatic rings. The lowest BCUT2D eigenvalue weighted by atomic mass is 9.78. The highest BCUT2D eigenvalue weighted by Gasteiger charge is 2.49. The molecule has 0 spiro atoms. The van der Waals surface area contributed by atoms with Gasteiger partial charge in [0.1, 0.15) is 28.9 Å². The molecule has 13 nitrogen and oxygen atoms in total. The maximum Gasteiger partial charge on any atom is 0.287 e. The highest BCUT2D eigenvalue weighted by atomic mass is 16.3. The van der Waals surface area contributed by atoms with Crippen LogP contribution in [0.25, 0.3) is 10.8 Å². The Balaban J connectivity index is 1.32. The van der Waals surface area contributed by atoms with E-state index in [1.807, 2.05) is 30.3 Å². The lowest BCUT2D eigenvalue weighted by molar-refractivity contribution is -0.145. The fourth-order valence-corrected chi connectivity index (χ4v) is 8.10. The van der Waals surface area contributed by atoms with E-state index >= 15 is 0 Å². The molecule has 2 aromatic carbocycles. The Morgan fingerprint density at radius 1 is 0.980 bits per heavy atom. The molecule has 4 amide bonds. The van der Waals surface area contributed by atoms with Gasteiger partial charge in [0.25, 0.3) is 11.8 Å². The van der Waals surface area contributed by atoms with Gasteiger partial charge in [0.2, 0.25) is 17.6 Å². The molecular weight excluding hydrogens is 650 g/mol. The highest BCUT2D eigenvalue weighted by Crippen LogP contribution is 2.34. The summed E-state index contributed by atoms with van der Waals surface area (Å²) in [6.45, 7) is 3.26. The predicted octanol–water partition coefficient (Wildman–Crippen LogP) is 3.44. The van der Waals surface area contributed by atoms with Gasteiger partial charge in [-0.3, -0.25) is 24.0 Å². The van der Waals surface area contributed by atoms with Crippen LogP contribution in [0, 0.1) is 5.92 Å². The predicted molar refractivity (Wildman–Crippen MR) is 189 cm³/mol. The molecule has 2 saturated carbocycles. The normalized spacial score (nSPS) is 21.6. The minimum atomic E-state index is -1.44. The van der Waals surface area contributed by atoms with E-state index in [2.05, 4.69) is 20.9 Å². The molecule has 1 saturated heterocycles. The number of carbonyl (C=O) groups excluding carboxylic acids is 5. The van der Waals surface area contributed by atoms with Crippen molar-refractivity contribution in [1.29, 1.82) is 0 Å². The van der Waals surface area contributed by atoms with Gasteiger partial charge in [-0.25, -0.2) is 4.68 Å². The van der Waals surface area contributed by atoms with Crippen molar-refractivity contribution in [1.82, 2.24) is 30.5 Å². The van der Waals surface area contributed by atoms with Crippen LogP contribution in [0.5, 0.6) is 0 Å². The first-order chi connectivity index (χ1) is 24.3. The number of hydrogen-bond donors (Lipinski definition) is 4. The average molecular weight is 700 g/mol. The van der Waals surface area contributed by atoms with Gasteiger partial charge >= 0.3 is 0 Å². The number of hydrogen-bond acceptors (Lipinski definition) is 8. The molecule has 1 aliphatic heterocycles. The number of nitrogens with two attached hydrogens (primary N) is 1. The van der Waals surface area contributed by atoms with E-state index in [1.54, 1.807) is 36.9 Å². The largest absolute Gasteiger partial charge is 0.384 e. The number of fused-ring (bicyclic) bond motifs is 1. The second-order valence-electron chi connectivity index (χ2n) is 15.2. The summed E-state index contributed by atoms with van der Waals surface area (Å²) in [6.07, 6.45) is 9.95. The van der Waals surface area contributed by atoms with Gasteiger partial charge in [0.05, 0.1) is 12.2 Å². The number of amides is 4. The minimum absolute atomic E-state index is 0.0787. The van der Waals surface area contributed by atoms with Gasteiger partial charge in [-0.1, -0.05) is 86.9 Å². The Morgan fingerprint density at radius 2 is 1.67 bits per heavy atom. The van der Waals surface area contributed by atoms with E-state index in [9.17, 15) is 29.1 Å². The van der Waals surface area contributed by atoms with Crippen LogP contribution < -0.4 is 16.4 Å². The number of aromatic nitrogens is 3. The molecule has 3 atom stereocenters. The van der Waals surface area contributed by atoms with Crippen molar-refractivity contribution in [3.05, 3.63) is 59.9 Å². The average Bonchev–Trinajstić information content (AvgIpc) is 3.80. The van der Waals surface area contributed by atoms with E-state index in [1.165, 1.54) is 4.90 Å². The Kier molecular flexibility index (Phi) is 10.6. The zero-order chi connectivity index (χ0) is 36.3. The maximum atomic E-state index is 14.8. The lowest BCUT2D eigenvalue weighted by Crippen LogP contribution is -2.62. The Hall–Kier alpha value is -4.65. The molecule has 51 heavy (non-hydrogen) atoms. The first-order valence-corrected chi connectivity index (χ1v) is 18.3. The zero-order valence-corrected chi connectivity index (χ0v) is 29.5. The zero-order valence-electron chi connectivity index (χ0n) is 29.5. The fourth-order valence-electron chi connectivity index (χ4n) is 8.10. The lowest BCUT2D eigenvalue weighted by Gasteiger charge is -2.38. The summed E-state index contributed by atoms with van der Waals surface area (Å²) in [4.78, 5) is 69.7. The van der Waals surface area contributed by atoms with Crippen LogP contribution in [0.15, 0.2) is 48.7 Å². The molecule has 0 bridgehead atoms. The molecule has 6 rings (SSSR count). The standard InChI is InChI=1S/C38H49N7O6/c1-37(2,51)31-23-45(43-42-31)28-21-30(35(49)41-38(32(46)33(39)47)17-9-4-10-18-38)44(22-28)36(50)29(19-24-11-5-3-6-12-24)40-34(48)27-16-15-25-13-7-8-14-26(25)20-27/h7-8,13-16,20,23-24,28-30,51H,3-6,9-12,17-19,21-22H2,1-2H3,(H2,39,47)(H,40,48)(H,41,49)/t28-,29+,30-/m0/s1. The van der Waals surface area contributed by atoms with Crippen molar-refractivity contribution in [3.63, 3.8) is 0 Å². The summed E-state index contributed by atoms with van der Waals surface area (Å²) < 4.78 is 1.55. The van der Waals surface area contributed by atoms with Crippen LogP contribution in [0.4, 0.5) is 0 Å². The number of carbonyl (C=O) groups is 5. The molecule has 5 N–H and O–H groups in total. The van der Waals surface area contributed by atoms with Gasteiger partial charge in [-0.05, 0) is 61.9 Å². The van der Waals surface area contributed by atoms with Crippen LogP contribution in [-0.2, 0) is 24.8 Å². The van der Waals surface area contributed by atoms with Gasteiger partial charge in [-0.15, -0.1) is 5.10 Å². The quantitative estimate of drug-likeness (QED) is 0.219. The highest BCUT2D eigenvalue weighted by molar-refractivity contribution is 6.39. The number of benzene rings is 2. The third-order valence-electron chi connectivity index (χ3n) is 11.0. The number of likely N-dealkylation sites (tertiary alicyclic amines) is 1. The van der Waals surface area contributed by atoms with Crippen molar-refractivity contribution in [2.75, 3.05) is 6.54 Å². The van der Waals surface area contributed by atoms with Crippen molar-refractivity contribution >= 4 is 40.2 Å². The Bertz CT molecular complexity index is 1790. The van der Waals surface area contributed by atoms with Crippen LogP contribution in [0.1, 0.15) is 113 Å². The van der Waals surface area contributed by atoms with Crippen molar-refractivity contribution in [3.8, 4) is 0 Å². The molecule has 0 radical (unpaired) electrons. The summed E-state index contributed by atoms with van der Waals surface area (Å²) in [5, 5.41) is 26.7. The molecule has 0 unspecified atom stereocenters. The maximum absolute atomic E-state index is 14.8. The van der Waals surface area contributed by atoms with Crippen LogP contribution in [0.2, 0.25) is 0 Å². The number of primary amides is 1. The van der Waals surface area contributed by atoms with Crippen LogP contribution in [0.3, 0.4) is 0 Å². The number of rotatable bonds is 11. The van der Waals surface area contributed by atoms with Crippen molar-refractivity contribution < 1.29 is 29.1 Å². The van der Waals surface area contributed by atoms with Crippen molar-refractivity contribution in [2.45, 2.75) is 120 Å². The number of aliphatic hydroxyl groups is 1. The molecular formula is C38H49N7O6. The third-order valence-corrected chi connectivity index (χ3v) is 11.0. The number of nitrogens with one attached hydrogen (secondary N) is 2. The third kappa shape index (κ3) is 7.98. The molecule has 1 aromatic heterocycles. The smallest absolute Gasteiger partial charge is 0.287 e. The van der Waals surface area contributed by atoms with Gasteiger partial charge in [-0.2, -0.15) is 0 Å². The SMILES string of the molecule is CC(C)(O)c1cn([C@H]2C[C@@H](C(=O)NC3(C(=O)C(N)=O)CCCCC3)N(C(=O)[C@@H](CC3CCCCC3)NC(=O)c3ccc4ccccc4c3)C2)nn1. The van der Waals surface area contributed by atoms with Crippen LogP contribution in [-0.4, -0.2) is 78.6 Å². The minimum Gasteiger partial charge on any atom is -0.384 e. The second kappa shape index (κ2) is 14.9. The summed E-state index contributed by atoms with van der Waals surface area (Å²) in [5.41, 5.74) is 3.52. The molecule has 2 aliphatic carbocycles. The van der Waals surface area contributed by atoms with Gasteiger partial charge < -0.3 is 26.4 Å². The monoisotopic (exact) mass is 699 g/mol. The van der Waals surface area contributed by atoms with E-state index < -0.39 is 52.8 Å². The molecule has 272 valence electrons. The van der Waals surface area contributed by atoms with Gasteiger partial charge in [0.15, 0.2) is 0 Å². The molecule has 3 fully saturated rings. The van der Waals surface area contributed by atoms with E-state index in [-0.39, 0.29) is 37.6 Å². The molecule has 2 heterocycles. The number of nitrogens with zero attached hydrogens (tertiary/aromatic N) is 4. The summed E-state index contributed by atoms with van der Waals surface area (Å²) in [6, 6.07) is 10.7. The topological polar surface area (TPSA) is 190 Å². The fraction of sp³-hybridized carbons (Fsp3) is 0.553. The molecule has 3 aromatic rings. The van der Waals surface area contributed by atoms with Crippen LogP contribution >= 0.6 is 0 Å². The number of Topliss-reactive ketones (excluding diaryl/α,β-unsaturated/α-hetero) is 1. The Labute approximate surface area is 297 Å². The first kappa shape index (κ1) is 36.2. The van der Waals surface area contributed by atoms with E-state index in [0.717, 1.165) is 49.3 Å². The first-order valence-electron chi connectivity index (χ1n) is 18.3. The van der Waals surface area contributed by atoms with Crippen molar-refractivity contribution in [2.24, 2.45) is 11.7 Å². The summed E-state index contributed by atoms with van der Waals surface area (Å²) in [7, 11) is 0. The summed E-state index contributed by atoms with van der Waals surface area (Å²) in [5.74, 6) is -3.08. The van der Waals surface area contributed by atoms with E-state index in [0.29, 0.717) is 30.5 Å². The second-order valence-corrected chi connectivity index (χ2v) is 15.2. The van der Waals surface area contributed by atoms with Gasteiger partial charge in [0, 0.05) is 18.5 Å². The summed E-state index contributed by atoms with van der Waals surface area (Å²) >= 11 is 0. The number of ketones is 1.